The molecule has 0 unspecified atom stereocenters. The van der Waals surface area contributed by atoms with Gasteiger partial charge in [0.25, 0.3) is 0 Å². The second kappa shape index (κ2) is 7.09. The predicted octanol–water partition coefficient (Wildman–Crippen LogP) is 2.29. The van der Waals surface area contributed by atoms with Crippen LogP contribution in [0.1, 0.15) is 18.1 Å². The molecule has 0 fully saturated rings. The van der Waals surface area contributed by atoms with Gasteiger partial charge in [0, 0.05) is 13.1 Å². The lowest BCUT2D eigenvalue weighted by atomic mass is 10.1. The van der Waals surface area contributed by atoms with Crippen LogP contribution in [0, 0.1) is 13.8 Å². The number of nitrogen functional groups attached to an aromatic ring is 1. The molecule has 0 saturated carbocycles. The smallest absolute Gasteiger partial charge is 0.248 e. The third-order valence-electron chi connectivity index (χ3n) is 3.57. The van der Waals surface area contributed by atoms with Crippen LogP contribution < -0.4 is 15.4 Å². The lowest BCUT2D eigenvalue weighted by Crippen LogP contribution is -2.28. The van der Waals surface area contributed by atoms with Crippen LogP contribution in [-0.2, 0) is 0 Å². The van der Waals surface area contributed by atoms with E-state index in [1.807, 2.05) is 43.9 Å². The highest BCUT2D eigenvalue weighted by Gasteiger charge is 2.15. The molecule has 6 nitrogen and oxygen atoms in total. The summed E-state index contributed by atoms with van der Waals surface area (Å²) < 4.78 is 5.79. The third kappa shape index (κ3) is 3.46. The van der Waals surface area contributed by atoms with Gasteiger partial charge in [0.05, 0.1) is 6.61 Å². The number of benzene rings is 1. The Kier molecular flexibility index (Phi) is 5.16. The van der Waals surface area contributed by atoms with Gasteiger partial charge in [0.1, 0.15) is 17.8 Å². The van der Waals surface area contributed by atoms with Crippen molar-refractivity contribution in [1.82, 2.24) is 9.97 Å². The van der Waals surface area contributed by atoms with E-state index >= 15 is 0 Å². The highest BCUT2D eigenvalue weighted by Crippen LogP contribution is 2.31. The summed E-state index contributed by atoms with van der Waals surface area (Å²) in [6.07, 6.45) is 1.42. The number of hydrogen-bond donors (Lipinski definition) is 2. The van der Waals surface area contributed by atoms with E-state index < -0.39 is 0 Å². The number of aryl methyl sites for hydroxylation is 2. The Bertz CT molecular complexity index is 646. The summed E-state index contributed by atoms with van der Waals surface area (Å²) in [5, 5.41) is 9.12. The number of aliphatic hydroxyl groups excluding tert-OH is 1. The van der Waals surface area contributed by atoms with Gasteiger partial charge in [-0.1, -0.05) is 6.07 Å². The Morgan fingerprint density at radius 2 is 2.00 bits per heavy atom. The summed E-state index contributed by atoms with van der Waals surface area (Å²) in [6.45, 7) is 7.22. The molecule has 0 aliphatic carbocycles. The van der Waals surface area contributed by atoms with E-state index in [1.165, 1.54) is 11.9 Å². The van der Waals surface area contributed by atoms with Crippen LogP contribution in [-0.4, -0.2) is 34.8 Å². The van der Waals surface area contributed by atoms with Crippen LogP contribution in [0.25, 0.3) is 0 Å². The minimum absolute atomic E-state index is 0.0324. The molecular formula is C16H22N4O2. The molecule has 0 bridgehead atoms. The molecule has 0 radical (unpaired) electrons. The topological polar surface area (TPSA) is 84.5 Å². The average Bonchev–Trinajstić information content (AvgIpc) is 2.51. The maximum absolute atomic E-state index is 9.12. The van der Waals surface area contributed by atoms with Gasteiger partial charge in [0.2, 0.25) is 5.88 Å². The summed E-state index contributed by atoms with van der Waals surface area (Å²) >= 11 is 0. The van der Waals surface area contributed by atoms with Crippen molar-refractivity contribution in [2.45, 2.75) is 20.8 Å². The van der Waals surface area contributed by atoms with E-state index in [2.05, 4.69) is 9.97 Å². The number of rotatable bonds is 6. The average molecular weight is 302 g/mol. The molecule has 0 aliphatic heterocycles. The van der Waals surface area contributed by atoms with Crippen molar-refractivity contribution in [1.29, 1.82) is 0 Å². The number of nitrogens with zero attached hydrogens (tertiary/aromatic N) is 3. The first-order valence-electron chi connectivity index (χ1n) is 7.28. The fourth-order valence-corrected chi connectivity index (χ4v) is 2.13. The van der Waals surface area contributed by atoms with Gasteiger partial charge in [-0.15, -0.1) is 0 Å². The quantitative estimate of drug-likeness (QED) is 0.851. The summed E-state index contributed by atoms with van der Waals surface area (Å²) in [5.41, 5.74) is 8.84. The van der Waals surface area contributed by atoms with Crippen molar-refractivity contribution in [3.05, 3.63) is 35.7 Å². The zero-order chi connectivity index (χ0) is 16.1. The van der Waals surface area contributed by atoms with Gasteiger partial charge in [-0.25, -0.2) is 4.98 Å². The van der Waals surface area contributed by atoms with Crippen molar-refractivity contribution in [3.63, 3.8) is 0 Å². The van der Waals surface area contributed by atoms with Crippen molar-refractivity contribution in [2.75, 3.05) is 30.3 Å². The first kappa shape index (κ1) is 16.0. The van der Waals surface area contributed by atoms with E-state index in [4.69, 9.17) is 15.6 Å². The van der Waals surface area contributed by atoms with Crippen LogP contribution in [0.5, 0.6) is 11.6 Å². The highest BCUT2D eigenvalue weighted by molar-refractivity contribution is 5.68. The van der Waals surface area contributed by atoms with Gasteiger partial charge < -0.3 is 20.5 Å². The summed E-state index contributed by atoms with van der Waals surface area (Å²) in [7, 11) is 0. The summed E-state index contributed by atoms with van der Waals surface area (Å²) in [4.78, 5) is 10.2. The van der Waals surface area contributed by atoms with Gasteiger partial charge >= 0.3 is 0 Å². The van der Waals surface area contributed by atoms with Crippen molar-refractivity contribution < 1.29 is 9.84 Å². The lowest BCUT2D eigenvalue weighted by molar-refractivity contribution is 0.302. The number of ether oxygens (including phenoxy) is 1. The van der Waals surface area contributed by atoms with Gasteiger partial charge in [-0.05, 0) is 44.0 Å². The fraction of sp³-hybridized carbons (Fsp3) is 0.375. The van der Waals surface area contributed by atoms with E-state index in [0.29, 0.717) is 36.2 Å². The van der Waals surface area contributed by atoms with E-state index in [0.717, 1.165) is 5.56 Å². The molecule has 6 heteroatoms. The number of aliphatic hydroxyl groups is 1. The molecule has 0 atom stereocenters. The van der Waals surface area contributed by atoms with Gasteiger partial charge in [0.15, 0.2) is 5.82 Å². The van der Waals surface area contributed by atoms with Crippen LogP contribution >= 0.6 is 0 Å². The molecule has 22 heavy (non-hydrogen) atoms. The molecule has 118 valence electrons. The molecule has 0 aliphatic rings. The van der Waals surface area contributed by atoms with E-state index in [9.17, 15) is 0 Å². The number of likely N-dealkylation sites (N-methyl/N-ethyl adjacent to an activating group) is 1. The molecule has 0 spiro atoms. The number of hydrogen-bond acceptors (Lipinski definition) is 6. The zero-order valence-corrected chi connectivity index (χ0v) is 13.2. The Morgan fingerprint density at radius 3 is 2.64 bits per heavy atom. The largest absolute Gasteiger partial charge is 0.437 e. The normalized spacial score (nSPS) is 10.5. The molecule has 1 aromatic carbocycles. The first-order valence-corrected chi connectivity index (χ1v) is 7.28. The summed E-state index contributed by atoms with van der Waals surface area (Å²) in [6, 6.07) is 5.82. The minimum Gasteiger partial charge on any atom is -0.437 e. The lowest BCUT2D eigenvalue weighted by Gasteiger charge is -2.22. The Balaban J connectivity index is 2.30. The minimum atomic E-state index is 0.0324. The van der Waals surface area contributed by atoms with Crippen LogP contribution in [0.4, 0.5) is 11.5 Å². The van der Waals surface area contributed by atoms with Gasteiger partial charge in [-0.2, -0.15) is 4.98 Å². The maximum atomic E-state index is 9.12. The Labute approximate surface area is 130 Å². The van der Waals surface area contributed by atoms with Crippen molar-refractivity contribution in [3.8, 4) is 11.6 Å². The molecule has 1 aromatic heterocycles. The predicted molar refractivity (Wildman–Crippen MR) is 87.4 cm³/mol. The van der Waals surface area contributed by atoms with E-state index in [1.54, 1.807) is 0 Å². The zero-order valence-electron chi connectivity index (χ0n) is 13.2. The molecule has 0 amide bonds. The molecule has 2 rings (SSSR count). The molecular weight excluding hydrogens is 280 g/mol. The van der Waals surface area contributed by atoms with Crippen LogP contribution in [0.3, 0.4) is 0 Å². The van der Waals surface area contributed by atoms with Gasteiger partial charge in [-0.3, -0.25) is 0 Å². The maximum Gasteiger partial charge on any atom is 0.248 e. The third-order valence-corrected chi connectivity index (χ3v) is 3.57. The number of nitrogens with two attached hydrogens (primary N) is 1. The second-order valence-electron chi connectivity index (χ2n) is 5.07. The molecule has 2 aromatic rings. The fourth-order valence-electron chi connectivity index (χ4n) is 2.13. The number of aromatic nitrogens is 2. The van der Waals surface area contributed by atoms with Crippen LogP contribution in [0.2, 0.25) is 0 Å². The van der Waals surface area contributed by atoms with Crippen molar-refractivity contribution >= 4 is 11.5 Å². The number of anilines is 2. The van der Waals surface area contributed by atoms with E-state index in [-0.39, 0.29) is 6.61 Å². The van der Waals surface area contributed by atoms with Crippen LogP contribution in [0.15, 0.2) is 24.5 Å². The molecule has 1 heterocycles. The SMILES string of the molecule is CCN(CCO)c1ncnc(Oc2ccc(C)c(C)c2)c1N. The Hall–Kier alpha value is -2.34. The summed E-state index contributed by atoms with van der Waals surface area (Å²) in [5.74, 6) is 1.58. The molecule has 3 N–H and O–H groups in total. The van der Waals surface area contributed by atoms with Crippen molar-refractivity contribution in [2.24, 2.45) is 0 Å². The molecule has 0 saturated heterocycles. The Morgan fingerprint density at radius 1 is 1.23 bits per heavy atom. The monoisotopic (exact) mass is 302 g/mol. The first-order chi connectivity index (χ1) is 10.6. The standard InChI is InChI=1S/C16H22N4O2/c1-4-20(7-8-21)15-14(17)16(19-10-18-15)22-13-6-5-11(2)12(3)9-13/h5-6,9-10,21H,4,7-8,17H2,1-3H3. The highest BCUT2D eigenvalue weighted by atomic mass is 16.5. The second-order valence-corrected chi connectivity index (χ2v) is 5.07.